The van der Waals surface area contributed by atoms with E-state index in [1.807, 2.05) is 44.2 Å². The molecule has 0 spiro atoms. The molecule has 2 atom stereocenters. The number of carbonyl (C=O) groups is 1. The Labute approximate surface area is 157 Å². The molecule has 1 aliphatic carbocycles. The van der Waals surface area contributed by atoms with Crippen LogP contribution in [0.25, 0.3) is 0 Å². The van der Waals surface area contributed by atoms with E-state index in [1.165, 1.54) is 45.2 Å². The van der Waals surface area contributed by atoms with Gasteiger partial charge in [0.2, 0.25) is 0 Å². The van der Waals surface area contributed by atoms with Crippen LogP contribution in [0.1, 0.15) is 46.0 Å². The average Bonchev–Trinajstić information content (AvgIpc) is 2.89. The summed E-state index contributed by atoms with van der Waals surface area (Å²) in [7, 11) is 0. The fourth-order valence-corrected chi connectivity index (χ4v) is 4.78. The van der Waals surface area contributed by atoms with Crippen LogP contribution in [0.3, 0.4) is 0 Å². The molecule has 3 saturated heterocycles. The third-order valence-electron chi connectivity index (χ3n) is 6.46. The standard InChI is InChI=1S/C22H32N2O2/c1-22(2,26-20-9-4-3-5-10-20)21(25)24-15-18-11-12-19(16-24)23(14-18)13-17-7-6-8-17/h3-5,9-10,17-19H,6-8,11-16H2,1-2H3. The quantitative estimate of drug-likeness (QED) is 0.809. The number of hydrogen-bond acceptors (Lipinski definition) is 3. The van der Waals surface area contributed by atoms with Gasteiger partial charge in [0.25, 0.3) is 5.91 Å². The molecule has 4 aliphatic rings. The van der Waals surface area contributed by atoms with Gasteiger partial charge in [-0.15, -0.1) is 0 Å². The summed E-state index contributed by atoms with van der Waals surface area (Å²) in [6.45, 7) is 7.97. The van der Waals surface area contributed by atoms with Gasteiger partial charge in [-0.05, 0) is 63.5 Å². The fourth-order valence-electron chi connectivity index (χ4n) is 4.78. The second-order valence-corrected chi connectivity index (χ2v) is 8.98. The maximum atomic E-state index is 13.3. The van der Waals surface area contributed by atoms with E-state index in [1.54, 1.807) is 0 Å². The second kappa shape index (κ2) is 7.22. The van der Waals surface area contributed by atoms with Gasteiger partial charge in [0.1, 0.15) is 5.75 Å². The summed E-state index contributed by atoms with van der Waals surface area (Å²) in [6, 6.07) is 10.2. The van der Waals surface area contributed by atoms with Gasteiger partial charge in [0, 0.05) is 32.2 Å². The lowest BCUT2D eigenvalue weighted by molar-refractivity contribution is -0.145. The van der Waals surface area contributed by atoms with Crippen molar-refractivity contribution in [1.29, 1.82) is 0 Å². The van der Waals surface area contributed by atoms with Crippen molar-refractivity contribution < 1.29 is 9.53 Å². The Bertz CT molecular complexity index is 626. The lowest BCUT2D eigenvalue weighted by atomic mass is 9.83. The van der Waals surface area contributed by atoms with Crippen molar-refractivity contribution in [3.8, 4) is 5.75 Å². The minimum Gasteiger partial charge on any atom is -0.478 e. The summed E-state index contributed by atoms with van der Waals surface area (Å²) < 4.78 is 6.06. The Morgan fingerprint density at radius 1 is 1.08 bits per heavy atom. The topological polar surface area (TPSA) is 32.8 Å². The van der Waals surface area contributed by atoms with E-state index in [0.717, 1.165) is 24.8 Å². The van der Waals surface area contributed by atoms with Crippen molar-refractivity contribution in [2.75, 3.05) is 26.2 Å². The van der Waals surface area contributed by atoms with Gasteiger partial charge in [-0.25, -0.2) is 0 Å². The maximum absolute atomic E-state index is 13.3. The number of nitrogens with zero attached hydrogens (tertiary/aromatic N) is 2. The van der Waals surface area contributed by atoms with Gasteiger partial charge in [0.15, 0.2) is 5.60 Å². The molecule has 1 aromatic rings. The molecule has 1 amide bonds. The van der Waals surface area contributed by atoms with E-state index in [2.05, 4.69) is 9.80 Å². The third kappa shape index (κ3) is 3.75. The summed E-state index contributed by atoms with van der Waals surface area (Å²) >= 11 is 0. The molecule has 2 unspecified atom stereocenters. The van der Waals surface area contributed by atoms with Crippen LogP contribution in [-0.2, 0) is 4.79 Å². The second-order valence-electron chi connectivity index (χ2n) is 8.98. The van der Waals surface area contributed by atoms with Crippen molar-refractivity contribution in [3.63, 3.8) is 0 Å². The third-order valence-corrected chi connectivity index (χ3v) is 6.46. The molecule has 3 heterocycles. The average molecular weight is 357 g/mol. The zero-order chi connectivity index (χ0) is 18.1. The van der Waals surface area contributed by atoms with E-state index in [4.69, 9.17) is 4.74 Å². The molecule has 26 heavy (non-hydrogen) atoms. The van der Waals surface area contributed by atoms with Crippen molar-refractivity contribution in [3.05, 3.63) is 30.3 Å². The Kier molecular flexibility index (Phi) is 4.96. The zero-order valence-electron chi connectivity index (χ0n) is 16.2. The zero-order valence-corrected chi connectivity index (χ0v) is 16.2. The Balaban J connectivity index is 1.43. The smallest absolute Gasteiger partial charge is 0.266 e. The first-order chi connectivity index (χ1) is 12.5. The van der Waals surface area contributed by atoms with Crippen LogP contribution in [0.4, 0.5) is 0 Å². The Morgan fingerprint density at radius 3 is 2.54 bits per heavy atom. The van der Waals surface area contributed by atoms with Gasteiger partial charge in [0.05, 0.1) is 0 Å². The lowest BCUT2D eigenvalue weighted by Crippen LogP contribution is -2.51. The van der Waals surface area contributed by atoms with Crippen LogP contribution in [0.5, 0.6) is 5.75 Å². The molecule has 0 N–H and O–H groups in total. The highest BCUT2D eigenvalue weighted by atomic mass is 16.5. The van der Waals surface area contributed by atoms with E-state index in [-0.39, 0.29) is 5.91 Å². The van der Waals surface area contributed by atoms with E-state index in [0.29, 0.717) is 12.0 Å². The fraction of sp³-hybridized carbons (Fsp3) is 0.682. The number of amides is 1. The van der Waals surface area contributed by atoms with Crippen LogP contribution in [0.15, 0.2) is 30.3 Å². The van der Waals surface area contributed by atoms with Crippen LogP contribution in [0, 0.1) is 11.8 Å². The number of ether oxygens (including phenoxy) is 1. The number of fused-ring (bicyclic) bond motifs is 4. The first-order valence-electron chi connectivity index (χ1n) is 10.3. The summed E-state index contributed by atoms with van der Waals surface area (Å²) in [5, 5.41) is 0. The summed E-state index contributed by atoms with van der Waals surface area (Å²) in [5.41, 5.74) is -0.829. The van der Waals surface area contributed by atoms with E-state index < -0.39 is 5.60 Å². The Morgan fingerprint density at radius 2 is 1.85 bits per heavy atom. The molecule has 0 radical (unpaired) electrons. The van der Waals surface area contributed by atoms with Gasteiger partial charge in [-0.1, -0.05) is 24.6 Å². The van der Waals surface area contributed by atoms with Crippen molar-refractivity contribution in [1.82, 2.24) is 9.80 Å². The minimum absolute atomic E-state index is 0.128. The van der Waals surface area contributed by atoms with Crippen LogP contribution in [-0.4, -0.2) is 53.5 Å². The van der Waals surface area contributed by atoms with Crippen molar-refractivity contribution in [2.45, 2.75) is 57.6 Å². The highest BCUT2D eigenvalue weighted by molar-refractivity contribution is 5.85. The van der Waals surface area contributed by atoms with E-state index in [9.17, 15) is 4.79 Å². The predicted octanol–water partition coefficient (Wildman–Crippen LogP) is 3.57. The molecule has 2 bridgehead atoms. The largest absolute Gasteiger partial charge is 0.478 e. The van der Waals surface area contributed by atoms with Gasteiger partial charge in [-0.3, -0.25) is 9.69 Å². The summed E-state index contributed by atoms with van der Waals surface area (Å²) in [5.74, 6) is 2.40. The Hall–Kier alpha value is -1.55. The molecular weight excluding hydrogens is 324 g/mol. The van der Waals surface area contributed by atoms with Crippen LogP contribution >= 0.6 is 0 Å². The van der Waals surface area contributed by atoms with Crippen LogP contribution < -0.4 is 4.74 Å². The first-order valence-corrected chi connectivity index (χ1v) is 10.3. The molecule has 4 fully saturated rings. The lowest BCUT2D eigenvalue weighted by Gasteiger charge is -2.40. The molecule has 142 valence electrons. The normalized spacial score (nSPS) is 27.1. The first kappa shape index (κ1) is 17.8. The van der Waals surface area contributed by atoms with Gasteiger partial charge in [-0.2, -0.15) is 0 Å². The number of para-hydroxylation sites is 1. The molecule has 1 saturated carbocycles. The number of piperidine rings is 1. The van der Waals surface area contributed by atoms with Crippen molar-refractivity contribution in [2.24, 2.45) is 11.8 Å². The molecule has 4 nitrogen and oxygen atoms in total. The number of rotatable bonds is 5. The van der Waals surface area contributed by atoms with Gasteiger partial charge >= 0.3 is 0 Å². The number of hydrogen-bond donors (Lipinski definition) is 0. The summed E-state index contributed by atoms with van der Waals surface area (Å²) in [6.07, 6.45) is 6.70. The molecule has 5 rings (SSSR count). The molecule has 3 aliphatic heterocycles. The minimum atomic E-state index is -0.829. The molecule has 4 heteroatoms. The highest BCUT2D eigenvalue weighted by Crippen LogP contribution is 2.34. The maximum Gasteiger partial charge on any atom is 0.266 e. The SMILES string of the molecule is CC(C)(Oc1ccccc1)C(=O)N1CC2CCC(C1)N(CC1CCC1)C2. The number of carbonyl (C=O) groups excluding carboxylic acids is 1. The number of benzene rings is 1. The van der Waals surface area contributed by atoms with Crippen LogP contribution in [0.2, 0.25) is 0 Å². The highest BCUT2D eigenvalue weighted by Gasteiger charge is 2.42. The van der Waals surface area contributed by atoms with E-state index >= 15 is 0 Å². The molecule has 1 aromatic carbocycles. The predicted molar refractivity (Wildman–Crippen MR) is 103 cm³/mol. The molecular formula is C22H32N2O2. The van der Waals surface area contributed by atoms with Gasteiger partial charge < -0.3 is 9.64 Å². The summed E-state index contributed by atoms with van der Waals surface area (Å²) in [4.78, 5) is 18.1. The monoisotopic (exact) mass is 356 g/mol. The molecule has 0 aromatic heterocycles. The van der Waals surface area contributed by atoms with Crippen molar-refractivity contribution >= 4 is 5.91 Å².